The van der Waals surface area contributed by atoms with Gasteiger partial charge in [0, 0.05) is 28.5 Å². The molecule has 27 heavy (non-hydrogen) atoms. The molecule has 2 aromatic carbocycles. The lowest BCUT2D eigenvalue weighted by Crippen LogP contribution is -2.04. The molecule has 0 radical (unpaired) electrons. The Bertz CT molecular complexity index is 963. The van der Waals surface area contributed by atoms with E-state index in [4.69, 9.17) is 21.1 Å². The molecular formula is C20H21ClN4O2. The van der Waals surface area contributed by atoms with E-state index in [0.717, 1.165) is 28.4 Å². The van der Waals surface area contributed by atoms with Crippen LogP contribution in [0.15, 0.2) is 42.5 Å². The van der Waals surface area contributed by atoms with Gasteiger partial charge in [-0.1, -0.05) is 17.7 Å². The van der Waals surface area contributed by atoms with Crippen LogP contribution in [-0.2, 0) is 0 Å². The molecule has 2 N–H and O–H groups in total. The number of aromatic nitrogens is 2. The topological polar surface area (TPSA) is 68.3 Å². The number of nitrogens with zero attached hydrogens (tertiary/aromatic N) is 2. The van der Waals surface area contributed by atoms with Crippen LogP contribution in [0.5, 0.6) is 11.5 Å². The third-order valence-electron chi connectivity index (χ3n) is 4.04. The molecule has 0 unspecified atom stereocenters. The summed E-state index contributed by atoms with van der Waals surface area (Å²) in [6, 6.07) is 13.1. The lowest BCUT2D eigenvalue weighted by molar-refractivity contribution is 0.395. The maximum atomic E-state index is 6.19. The zero-order valence-electron chi connectivity index (χ0n) is 15.6. The summed E-state index contributed by atoms with van der Waals surface area (Å²) in [4.78, 5) is 9.00. The number of aryl methyl sites for hydroxylation is 1. The number of benzene rings is 2. The molecule has 0 saturated heterocycles. The summed E-state index contributed by atoms with van der Waals surface area (Å²) in [6.07, 6.45) is 0. The Hall–Kier alpha value is -2.99. The van der Waals surface area contributed by atoms with Crippen LogP contribution < -0.4 is 20.1 Å². The molecule has 0 aliphatic heterocycles. The van der Waals surface area contributed by atoms with Gasteiger partial charge in [0.15, 0.2) is 0 Å². The fraction of sp³-hybridized carbons (Fsp3) is 0.200. The lowest BCUT2D eigenvalue weighted by atomic mass is 10.2. The highest BCUT2D eigenvalue weighted by molar-refractivity contribution is 6.31. The van der Waals surface area contributed by atoms with Gasteiger partial charge in [0.1, 0.15) is 17.3 Å². The van der Waals surface area contributed by atoms with Crippen molar-refractivity contribution in [3.8, 4) is 11.5 Å². The average molecular weight is 385 g/mol. The summed E-state index contributed by atoms with van der Waals surface area (Å²) < 4.78 is 10.7. The van der Waals surface area contributed by atoms with Crippen LogP contribution in [0.1, 0.15) is 11.3 Å². The monoisotopic (exact) mass is 384 g/mol. The zero-order valence-corrected chi connectivity index (χ0v) is 16.4. The largest absolute Gasteiger partial charge is 0.497 e. The van der Waals surface area contributed by atoms with Crippen LogP contribution in [0.2, 0.25) is 5.02 Å². The predicted molar refractivity (Wildman–Crippen MR) is 109 cm³/mol. The first-order valence-electron chi connectivity index (χ1n) is 8.37. The summed E-state index contributed by atoms with van der Waals surface area (Å²) in [7, 11) is 3.23. The molecular weight excluding hydrogens is 364 g/mol. The lowest BCUT2D eigenvalue weighted by Gasteiger charge is -2.14. The van der Waals surface area contributed by atoms with Gasteiger partial charge in [-0.2, -0.15) is 4.98 Å². The highest BCUT2D eigenvalue weighted by Crippen LogP contribution is 2.31. The number of hydrogen-bond acceptors (Lipinski definition) is 6. The molecule has 1 aromatic heterocycles. The van der Waals surface area contributed by atoms with Crippen molar-refractivity contribution >= 4 is 34.7 Å². The molecule has 0 spiro atoms. The number of methoxy groups -OCH3 is 2. The van der Waals surface area contributed by atoms with Gasteiger partial charge in [-0.3, -0.25) is 0 Å². The summed E-state index contributed by atoms with van der Waals surface area (Å²) in [5.41, 5.74) is 3.40. The van der Waals surface area contributed by atoms with Crippen LogP contribution in [0.3, 0.4) is 0 Å². The highest BCUT2D eigenvalue weighted by Gasteiger charge is 2.09. The fourth-order valence-electron chi connectivity index (χ4n) is 2.59. The number of hydrogen-bond donors (Lipinski definition) is 2. The average Bonchev–Trinajstić information content (AvgIpc) is 2.65. The molecule has 0 atom stereocenters. The molecule has 0 aliphatic rings. The third-order valence-corrected chi connectivity index (χ3v) is 4.45. The van der Waals surface area contributed by atoms with Gasteiger partial charge in [0.25, 0.3) is 0 Å². The molecule has 0 amide bonds. The first kappa shape index (κ1) is 18.8. The van der Waals surface area contributed by atoms with Crippen molar-refractivity contribution in [1.29, 1.82) is 0 Å². The van der Waals surface area contributed by atoms with E-state index in [0.29, 0.717) is 22.5 Å². The Labute approximate surface area is 163 Å². The van der Waals surface area contributed by atoms with E-state index in [2.05, 4.69) is 20.6 Å². The first-order valence-corrected chi connectivity index (χ1v) is 8.75. The molecule has 0 fully saturated rings. The molecule has 3 rings (SSSR count). The van der Waals surface area contributed by atoms with E-state index in [-0.39, 0.29) is 0 Å². The number of anilines is 4. The van der Waals surface area contributed by atoms with Gasteiger partial charge in [-0.25, -0.2) is 4.98 Å². The van der Waals surface area contributed by atoms with Crippen LogP contribution in [0.25, 0.3) is 0 Å². The van der Waals surface area contributed by atoms with Gasteiger partial charge in [-0.15, -0.1) is 0 Å². The first-order chi connectivity index (χ1) is 13.0. The van der Waals surface area contributed by atoms with E-state index in [9.17, 15) is 0 Å². The van der Waals surface area contributed by atoms with Crippen molar-refractivity contribution in [2.75, 3.05) is 24.9 Å². The standard InChI is InChI=1S/C20H21ClN4O2/c1-12-10-19(23-17-9-8-14(26-3)11-18(17)27-4)25-20(22-12)24-16-7-5-6-15(21)13(16)2/h5-11H,1-4H3,(H2,22,23,24,25). The summed E-state index contributed by atoms with van der Waals surface area (Å²) >= 11 is 6.19. The zero-order chi connectivity index (χ0) is 19.4. The van der Waals surface area contributed by atoms with E-state index in [1.807, 2.05) is 56.3 Å². The van der Waals surface area contributed by atoms with E-state index < -0.39 is 0 Å². The Morgan fingerprint density at radius 3 is 2.44 bits per heavy atom. The van der Waals surface area contributed by atoms with E-state index in [1.54, 1.807) is 14.2 Å². The van der Waals surface area contributed by atoms with Gasteiger partial charge >= 0.3 is 0 Å². The SMILES string of the molecule is COc1ccc(Nc2cc(C)nc(Nc3cccc(Cl)c3C)n2)c(OC)c1. The molecule has 6 nitrogen and oxygen atoms in total. The minimum absolute atomic E-state index is 0.482. The van der Waals surface area contributed by atoms with Crippen molar-refractivity contribution in [2.24, 2.45) is 0 Å². The third kappa shape index (κ3) is 4.41. The van der Waals surface area contributed by atoms with Crippen molar-refractivity contribution in [3.63, 3.8) is 0 Å². The van der Waals surface area contributed by atoms with Gasteiger partial charge in [0.2, 0.25) is 5.95 Å². The van der Waals surface area contributed by atoms with Gasteiger partial charge in [0.05, 0.1) is 19.9 Å². The van der Waals surface area contributed by atoms with Crippen molar-refractivity contribution in [2.45, 2.75) is 13.8 Å². The normalized spacial score (nSPS) is 10.4. The van der Waals surface area contributed by atoms with Gasteiger partial charge < -0.3 is 20.1 Å². The minimum atomic E-state index is 0.482. The quantitative estimate of drug-likeness (QED) is 0.604. The molecule has 0 saturated carbocycles. The second kappa shape index (κ2) is 8.14. The van der Waals surface area contributed by atoms with Crippen LogP contribution in [0, 0.1) is 13.8 Å². The molecule has 140 valence electrons. The molecule has 0 aliphatic carbocycles. The maximum Gasteiger partial charge on any atom is 0.229 e. The second-order valence-corrected chi connectivity index (χ2v) is 6.35. The molecule has 7 heteroatoms. The van der Waals surface area contributed by atoms with Crippen molar-refractivity contribution in [3.05, 3.63) is 58.7 Å². The van der Waals surface area contributed by atoms with Crippen molar-refractivity contribution < 1.29 is 9.47 Å². The van der Waals surface area contributed by atoms with Crippen LogP contribution in [-0.4, -0.2) is 24.2 Å². The van der Waals surface area contributed by atoms with Crippen molar-refractivity contribution in [1.82, 2.24) is 9.97 Å². The number of halogens is 1. The Balaban J connectivity index is 1.89. The summed E-state index contributed by atoms with van der Waals surface area (Å²) in [6.45, 7) is 3.86. The van der Waals surface area contributed by atoms with Crippen LogP contribution >= 0.6 is 11.6 Å². The van der Waals surface area contributed by atoms with E-state index >= 15 is 0 Å². The smallest absolute Gasteiger partial charge is 0.229 e. The Morgan fingerprint density at radius 2 is 1.70 bits per heavy atom. The summed E-state index contributed by atoms with van der Waals surface area (Å²) in [5.74, 6) is 2.50. The second-order valence-electron chi connectivity index (χ2n) is 5.95. The molecule has 1 heterocycles. The Morgan fingerprint density at radius 1 is 0.889 bits per heavy atom. The number of rotatable bonds is 6. The summed E-state index contributed by atoms with van der Waals surface area (Å²) in [5, 5.41) is 7.19. The number of ether oxygens (including phenoxy) is 2. The maximum absolute atomic E-state index is 6.19. The molecule has 3 aromatic rings. The Kier molecular flexibility index (Phi) is 5.66. The predicted octanol–water partition coefficient (Wildman–Crippen LogP) is 5.25. The fourth-order valence-corrected chi connectivity index (χ4v) is 2.77. The molecule has 0 bridgehead atoms. The van der Waals surface area contributed by atoms with Gasteiger partial charge in [-0.05, 0) is 43.7 Å². The number of nitrogens with one attached hydrogen (secondary N) is 2. The minimum Gasteiger partial charge on any atom is -0.497 e. The highest BCUT2D eigenvalue weighted by atomic mass is 35.5. The van der Waals surface area contributed by atoms with Crippen LogP contribution in [0.4, 0.5) is 23.1 Å². The van der Waals surface area contributed by atoms with E-state index in [1.165, 1.54) is 0 Å².